The lowest BCUT2D eigenvalue weighted by atomic mass is 10.1. The first-order valence-corrected chi connectivity index (χ1v) is 8.92. The lowest BCUT2D eigenvalue weighted by Crippen LogP contribution is -2.14. The molecular weight excluding hydrogens is 306 g/mol. The lowest BCUT2D eigenvalue weighted by Gasteiger charge is -2.10. The minimum atomic E-state index is -3.67. The number of benzene rings is 1. The lowest BCUT2D eigenvalue weighted by molar-refractivity contribution is 0.601. The fourth-order valence-corrected chi connectivity index (χ4v) is 4.02. The molecule has 0 aliphatic heterocycles. The first-order valence-electron chi connectivity index (χ1n) is 6.55. The molecule has 0 fully saturated rings. The van der Waals surface area contributed by atoms with Crippen LogP contribution in [0.3, 0.4) is 0 Å². The van der Waals surface area contributed by atoms with Crippen molar-refractivity contribution in [1.29, 1.82) is 0 Å². The highest BCUT2D eigenvalue weighted by Crippen LogP contribution is 2.26. The molecule has 7 heteroatoms. The highest BCUT2D eigenvalue weighted by Gasteiger charge is 2.18. The molecule has 2 aromatic rings. The molecule has 3 N–H and O–H groups in total. The number of nitrogen functional groups attached to an aromatic ring is 1. The molecule has 5 nitrogen and oxygen atoms in total. The summed E-state index contributed by atoms with van der Waals surface area (Å²) in [6.45, 7) is 7.73. The van der Waals surface area contributed by atoms with Gasteiger partial charge in [-0.05, 0) is 43.0 Å². The highest BCUT2D eigenvalue weighted by molar-refractivity contribution is 7.93. The summed E-state index contributed by atoms with van der Waals surface area (Å²) >= 11 is 1.28. The third-order valence-electron chi connectivity index (χ3n) is 3.33. The Bertz CT molecular complexity index is 741. The maximum atomic E-state index is 12.4. The molecule has 0 saturated carbocycles. The third kappa shape index (κ3) is 3.36. The number of sulfonamides is 1. The van der Waals surface area contributed by atoms with Crippen LogP contribution in [0.5, 0.6) is 0 Å². The quantitative estimate of drug-likeness (QED) is 0.845. The van der Waals surface area contributed by atoms with Gasteiger partial charge in [0.25, 0.3) is 10.0 Å². The Labute approximate surface area is 129 Å². The Hall–Kier alpha value is -1.60. The van der Waals surface area contributed by atoms with Gasteiger partial charge < -0.3 is 5.73 Å². The van der Waals surface area contributed by atoms with E-state index in [1.54, 1.807) is 6.07 Å². The molecule has 1 aromatic carbocycles. The second-order valence-electron chi connectivity index (χ2n) is 5.29. The number of aryl methyl sites for hydroxylation is 1. The van der Waals surface area contributed by atoms with Crippen molar-refractivity contribution < 1.29 is 8.42 Å². The Morgan fingerprint density at radius 1 is 1.29 bits per heavy atom. The van der Waals surface area contributed by atoms with E-state index in [0.717, 1.165) is 16.8 Å². The minimum Gasteiger partial charge on any atom is -0.398 e. The van der Waals surface area contributed by atoms with Gasteiger partial charge in [-0.1, -0.05) is 13.8 Å². The number of rotatable bonds is 4. The molecule has 0 saturated heterocycles. The Morgan fingerprint density at radius 2 is 1.95 bits per heavy atom. The van der Waals surface area contributed by atoms with Crippen LogP contribution >= 0.6 is 11.3 Å². The topological polar surface area (TPSA) is 85.1 Å². The summed E-state index contributed by atoms with van der Waals surface area (Å²) in [5.41, 5.74) is 8.93. The van der Waals surface area contributed by atoms with E-state index in [1.165, 1.54) is 17.4 Å². The molecule has 0 amide bonds. The molecule has 21 heavy (non-hydrogen) atoms. The summed E-state index contributed by atoms with van der Waals surface area (Å²) in [5.74, 6) is 0.261. The first kappa shape index (κ1) is 15.8. The average molecular weight is 325 g/mol. The van der Waals surface area contributed by atoms with Gasteiger partial charge in [0.05, 0.1) is 10.6 Å². The maximum Gasteiger partial charge on any atom is 0.263 e. The average Bonchev–Trinajstić information content (AvgIpc) is 2.83. The van der Waals surface area contributed by atoms with Crippen molar-refractivity contribution >= 4 is 32.2 Å². The first-order chi connectivity index (χ1) is 9.70. The largest absolute Gasteiger partial charge is 0.398 e. The number of thiazole rings is 1. The van der Waals surface area contributed by atoms with E-state index >= 15 is 0 Å². The van der Waals surface area contributed by atoms with Crippen molar-refractivity contribution in [3.63, 3.8) is 0 Å². The smallest absolute Gasteiger partial charge is 0.263 e. The summed E-state index contributed by atoms with van der Waals surface area (Å²) in [7, 11) is -3.67. The van der Waals surface area contributed by atoms with Crippen LogP contribution in [0.25, 0.3) is 0 Å². The SMILES string of the molecule is Cc1cc(S(=O)(=O)Nc2nc(C(C)C)cs2)cc(N)c1C. The van der Waals surface area contributed by atoms with Crippen molar-refractivity contribution in [2.75, 3.05) is 10.5 Å². The molecule has 1 heterocycles. The molecule has 0 aliphatic rings. The second kappa shape index (κ2) is 5.65. The van der Waals surface area contributed by atoms with Gasteiger partial charge in [-0.15, -0.1) is 11.3 Å². The molecular formula is C14H19N3O2S2. The van der Waals surface area contributed by atoms with E-state index in [1.807, 2.05) is 33.1 Å². The molecule has 0 aliphatic carbocycles. The molecule has 0 radical (unpaired) electrons. The van der Waals surface area contributed by atoms with Crippen LogP contribution in [0.2, 0.25) is 0 Å². The Kier molecular flexibility index (Phi) is 4.25. The van der Waals surface area contributed by atoms with Gasteiger partial charge in [0, 0.05) is 11.1 Å². The van der Waals surface area contributed by atoms with Crippen LogP contribution in [-0.2, 0) is 10.0 Å². The number of anilines is 2. The van der Waals surface area contributed by atoms with Crippen LogP contribution in [0.15, 0.2) is 22.4 Å². The molecule has 114 valence electrons. The van der Waals surface area contributed by atoms with Gasteiger partial charge in [0.1, 0.15) is 0 Å². The monoisotopic (exact) mass is 325 g/mol. The number of hydrogen-bond acceptors (Lipinski definition) is 5. The normalized spacial score (nSPS) is 11.9. The zero-order valence-corrected chi connectivity index (χ0v) is 14.1. The Balaban J connectivity index is 2.33. The van der Waals surface area contributed by atoms with Crippen molar-refractivity contribution in [3.8, 4) is 0 Å². The van der Waals surface area contributed by atoms with Crippen LogP contribution < -0.4 is 10.5 Å². The fraction of sp³-hybridized carbons (Fsp3) is 0.357. The standard InChI is InChI=1S/C14H19N3O2S2/c1-8(2)13-7-20-14(16-13)17-21(18,19)11-5-9(3)10(4)12(15)6-11/h5-8H,15H2,1-4H3,(H,16,17). The van der Waals surface area contributed by atoms with Gasteiger partial charge in [-0.25, -0.2) is 13.4 Å². The van der Waals surface area contributed by atoms with E-state index in [9.17, 15) is 8.42 Å². The zero-order valence-electron chi connectivity index (χ0n) is 12.5. The van der Waals surface area contributed by atoms with Gasteiger partial charge in [0.2, 0.25) is 0 Å². The van der Waals surface area contributed by atoms with Crippen LogP contribution in [0, 0.1) is 13.8 Å². The highest BCUT2D eigenvalue weighted by atomic mass is 32.2. The fourth-order valence-electron chi connectivity index (χ4n) is 1.78. The predicted octanol–water partition coefficient (Wildman–Crippen LogP) is 3.27. The number of nitrogens with one attached hydrogen (secondary N) is 1. The molecule has 0 spiro atoms. The summed E-state index contributed by atoms with van der Waals surface area (Å²) in [4.78, 5) is 4.44. The van der Waals surface area contributed by atoms with Gasteiger partial charge in [0.15, 0.2) is 5.13 Å². The molecule has 2 rings (SSSR count). The van der Waals surface area contributed by atoms with E-state index in [0.29, 0.717) is 10.8 Å². The predicted molar refractivity (Wildman–Crippen MR) is 87.3 cm³/mol. The van der Waals surface area contributed by atoms with E-state index < -0.39 is 10.0 Å². The number of nitrogens with zero attached hydrogens (tertiary/aromatic N) is 1. The minimum absolute atomic E-state index is 0.157. The van der Waals surface area contributed by atoms with Gasteiger partial charge in [-0.2, -0.15) is 0 Å². The van der Waals surface area contributed by atoms with Crippen molar-refractivity contribution in [1.82, 2.24) is 4.98 Å². The Morgan fingerprint density at radius 3 is 2.48 bits per heavy atom. The number of nitrogens with two attached hydrogens (primary N) is 1. The summed E-state index contributed by atoms with van der Waals surface area (Å²) in [6.07, 6.45) is 0. The van der Waals surface area contributed by atoms with E-state index in [-0.39, 0.29) is 10.8 Å². The van der Waals surface area contributed by atoms with E-state index in [4.69, 9.17) is 5.73 Å². The zero-order chi connectivity index (χ0) is 15.8. The van der Waals surface area contributed by atoms with Crippen LogP contribution in [-0.4, -0.2) is 13.4 Å². The number of hydrogen-bond donors (Lipinski definition) is 2. The molecule has 0 unspecified atom stereocenters. The maximum absolute atomic E-state index is 12.4. The summed E-state index contributed by atoms with van der Waals surface area (Å²) in [6, 6.07) is 3.09. The van der Waals surface area contributed by atoms with Crippen LogP contribution in [0.4, 0.5) is 10.8 Å². The van der Waals surface area contributed by atoms with Crippen molar-refractivity contribution in [3.05, 3.63) is 34.3 Å². The van der Waals surface area contributed by atoms with E-state index in [2.05, 4.69) is 9.71 Å². The molecule has 0 bridgehead atoms. The van der Waals surface area contributed by atoms with Crippen molar-refractivity contribution in [2.45, 2.75) is 38.5 Å². The molecule has 0 atom stereocenters. The van der Waals surface area contributed by atoms with Crippen LogP contribution in [0.1, 0.15) is 36.6 Å². The molecule has 1 aromatic heterocycles. The summed E-state index contributed by atoms with van der Waals surface area (Å²) < 4.78 is 27.3. The second-order valence-corrected chi connectivity index (χ2v) is 7.83. The number of aromatic nitrogens is 1. The van der Waals surface area contributed by atoms with Gasteiger partial charge in [-0.3, -0.25) is 4.72 Å². The summed E-state index contributed by atoms with van der Waals surface area (Å²) in [5, 5.41) is 2.23. The third-order valence-corrected chi connectivity index (χ3v) is 5.55. The van der Waals surface area contributed by atoms with Gasteiger partial charge >= 0.3 is 0 Å². The van der Waals surface area contributed by atoms with Crippen molar-refractivity contribution in [2.24, 2.45) is 0 Å².